The van der Waals surface area contributed by atoms with Crippen LogP contribution in [-0.4, -0.2) is 29.7 Å². The molecule has 3 rings (SSSR count). The Morgan fingerprint density at radius 3 is 2.59 bits per heavy atom. The fourth-order valence-corrected chi connectivity index (χ4v) is 3.19. The van der Waals surface area contributed by atoms with Crippen molar-refractivity contribution in [2.45, 2.75) is 33.5 Å². The lowest BCUT2D eigenvalue weighted by molar-refractivity contribution is 0.408. The van der Waals surface area contributed by atoms with Crippen LogP contribution in [0.2, 0.25) is 0 Å². The number of ether oxygens (including phenoxy) is 1. The number of nitrogens with one attached hydrogen (secondary N) is 2. The molecule has 0 spiro atoms. The van der Waals surface area contributed by atoms with Gasteiger partial charge in [0.2, 0.25) is 0 Å². The molecule has 29 heavy (non-hydrogen) atoms. The van der Waals surface area contributed by atoms with Crippen LogP contribution in [0, 0.1) is 13.8 Å². The van der Waals surface area contributed by atoms with E-state index in [1.54, 1.807) is 14.2 Å². The molecule has 0 atom stereocenters. The quantitative estimate of drug-likeness (QED) is 0.478. The Morgan fingerprint density at radius 1 is 1.07 bits per heavy atom. The van der Waals surface area contributed by atoms with E-state index in [0.29, 0.717) is 13.1 Å². The smallest absolute Gasteiger partial charge is 0.191 e. The number of aliphatic imine (C=N–C) groups is 1. The molecule has 1 aromatic heterocycles. The molecule has 0 aliphatic carbocycles. The molecule has 3 aromatic rings. The number of methoxy groups -OCH3 is 1. The third-order valence-electron chi connectivity index (χ3n) is 4.84. The minimum Gasteiger partial charge on any atom is -0.496 e. The molecule has 6 nitrogen and oxygen atoms in total. The Bertz CT molecular complexity index is 977. The second-order valence-corrected chi connectivity index (χ2v) is 7.02. The molecule has 2 N–H and O–H groups in total. The maximum Gasteiger partial charge on any atom is 0.191 e. The first-order chi connectivity index (χ1) is 14.1. The topological polar surface area (TPSA) is 63.5 Å². The van der Waals surface area contributed by atoms with Crippen LogP contribution in [0.25, 0.3) is 0 Å². The van der Waals surface area contributed by atoms with Gasteiger partial charge in [-0.2, -0.15) is 0 Å². The van der Waals surface area contributed by atoms with E-state index in [0.717, 1.165) is 29.6 Å². The highest BCUT2D eigenvalue weighted by Gasteiger charge is 2.05. The van der Waals surface area contributed by atoms with Crippen molar-refractivity contribution < 1.29 is 4.74 Å². The van der Waals surface area contributed by atoms with E-state index in [4.69, 9.17) is 4.74 Å². The normalized spacial score (nSPS) is 11.4. The molecule has 0 aliphatic heterocycles. The summed E-state index contributed by atoms with van der Waals surface area (Å²) in [5, 5.41) is 6.74. The Balaban J connectivity index is 1.57. The van der Waals surface area contributed by atoms with Crippen LogP contribution in [0.3, 0.4) is 0 Å². The Morgan fingerprint density at radius 2 is 1.86 bits per heavy atom. The van der Waals surface area contributed by atoms with E-state index in [9.17, 15) is 0 Å². The minimum atomic E-state index is 0.642. The first-order valence-corrected chi connectivity index (χ1v) is 9.72. The van der Waals surface area contributed by atoms with Crippen molar-refractivity contribution in [3.05, 3.63) is 82.9 Å². The zero-order valence-corrected chi connectivity index (χ0v) is 17.6. The SMILES string of the molecule is CN=C(NCc1cccc(Cn2ccnc2C)c1)NCc1ccc(C)cc1OC. The van der Waals surface area contributed by atoms with Gasteiger partial charge in [-0.05, 0) is 36.6 Å². The fourth-order valence-electron chi connectivity index (χ4n) is 3.19. The highest BCUT2D eigenvalue weighted by Crippen LogP contribution is 2.19. The number of hydrogen-bond acceptors (Lipinski definition) is 3. The standard InChI is InChI=1S/C23H29N5O/c1-17-8-9-21(22(12-17)29-4)15-27-23(24-3)26-14-19-6-5-7-20(13-19)16-28-11-10-25-18(28)2/h5-13H,14-16H2,1-4H3,(H2,24,26,27). The van der Waals surface area contributed by atoms with Gasteiger partial charge in [0.25, 0.3) is 0 Å². The summed E-state index contributed by atoms with van der Waals surface area (Å²) < 4.78 is 7.62. The van der Waals surface area contributed by atoms with Gasteiger partial charge in [-0.3, -0.25) is 4.99 Å². The van der Waals surface area contributed by atoms with Gasteiger partial charge < -0.3 is 19.9 Å². The van der Waals surface area contributed by atoms with Crippen LogP contribution in [-0.2, 0) is 19.6 Å². The highest BCUT2D eigenvalue weighted by atomic mass is 16.5. The van der Waals surface area contributed by atoms with Crippen LogP contribution < -0.4 is 15.4 Å². The lowest BCUT2D eigenvalue weighted by Gasteiger charge is -2.15. The summed E-state index contributed by atoms with van der Waals surface area (Å²) in [5.74, 6) is 2.66. The van der Waals surface area contributed by atoms with Crippen molar-refractivity contribution in [2.24, 2.45) is 4.99 Å². The second kappa shape index (κ2) is 9.78. The highest BCUT2D eigenvalue weighted by molar-refractivity contribution is 5.79. The van der Waals surface area contributed by atoms with Gasteiger partial charge in [0.05, 0.1) is 7.11 Å². The maximum atomic E-state index is 5.48. The maximum absolute atomic E-state index is 5.48. The largest absolute Gasteiger partial charge is 0.496 e. The van der Waals surface area contributed by atoms with E-state index in [2.05, 4.69) is 68.5 Å². The van der Waals surface area contributed by atoms with E-state index in [-0.39, 0.29) is 0 Å². The fraction of sp³-hybridized carbons (Fsp3) is 0.304. The molecule has 1 heterocycles. The Hall–Kier alpha value is -3.28. The van der Waals surface area contributed by atoms with Crippen LogP contribution in [0.5, 0.6) is 5.75 Å². The summed E-state index contributed by atoms with van der Waals surface area (Å²) in [6.45, 7) is 6.23. The molecule has 0 saturated carbocycles. The molecule has 0 amide bonds. The summed E-state index contributed by atoms with van der Waals surface area (Å²) in [6, 6.07) is 14.8. The van der Waals surface area contributed by atoms with Crippen LogP contribution in [0.15, 0.2) is 59.9 Å². The van der Waals surface area contributed by atoms with E-state index >= 15 is 0 Å². The van der Waals surface area contributed by atoms with Gasteiger partial charge in [0, 0.05) is 44.6 Å². The van der Waals surface area contributed by atoms with Gasteiger partial charge >= 0.3 is 0 Å². The molecular weight excluding hydrogens is 362 g/mol. The van der Waals surface area contributed by atoms with Gasteiger partial charge in [0.15, 0.2) is 5.96 Å². The summed E-state index contributed by atoms with van der Waals surface area (Å²) in [6.07, 6.45) is 3.84. The van der Waals surface area contributed by atoms with Gasteiger partial charge in [-0.1, -0.05) is 36.4 Å². The molecular formula is C23H29N5O. The van der Waals surface area contributed by atoms with Crippen molar-refractivity contribution in [2.75, 3.05) is 14.2 Å². The van der Waals surface area contributed by atoms with Gasteiger partial charge in [-0.25, -0.2) is 4.98 Å². The van der Waals surface area contributed by atoms with Crippen molar-refractivity contribution in [1.29, 1.82) is 0 Å². The molecule has 6 heteroatoms. The number of benzene rings is 2. The van der Waals surface area contributed by atoms with Crippen molar-refractivity contribution >= 4 is 5.96 Å². The number of aromatic nitrogens is 2. The number of imidazole rings is 1. The molecule has 0 bridgehead atoms. The van der Waals surface area contributed by atoms with Crippen molar-refractivity contribution in [1.82, 2.24) is 20.2 Å². The number of hydrogen-bond donors (Lipinski definition) is 2. The van der Waals surface area contributed by atoms with E-state index < -0.39 is 0 Å². The second-order valence-electron chi connectivity index (χ2n) is 7.02. The first kappa shape index (κ1) is 20.5. The third-order valence-corrected chi connectivity index (χ3v) is 4.84. The first-order valence-electron chi connectivity index (χ1n) is 9.72. The lowest BCUT2D eigenvalue weighted by atomic mass is 10.1. The van der Waals surface area contributed by atoms with E-state index in [1.807, 2.05) is 25.4 Å². The summed E-state index contributed by atoms with van der Waals surface area (Å²) in [5.41, 5.74) is 4.73. The molecule has 0 aliphatic rings. The van der Waals surface area contributed by atoms with Crippen molar-refractivity contribution in [3.63, 3.8) is 0 Å². The zero-order valence-electron chi connectivity index (χ0n) is 17.6. The van der Waals surface area contributed by atoms with Crippen LogP contribution in [0.4, 0.5) is 0 Å². The third kappa shape index (κ3) is 5.60. The van der Waals surface area contributed by atoms with Crippen molar-refractivity contribution in [3.8, 4) is 5.75 Å². The molecule has 2 aromatic carbocycles. The van der Waals surface area contributed by atoms with Crippen LogP contribution >= 0.6 is 0 Å². The minimum absolute atomic E-state index is 0.642. The lowest BCUT2D eigenvalue weighted by Crippen LogP contribution is -2.36. The van der Waals surface area contributed by atoms with E-state index in [1.165, 1.54) is 16.7 Å². The van der Waals surface area contributed by atoms with Gasteiger partial charge in [-0.15, -0.1) is 0 Å². The molecule has 0 fully saturated rings. The predicted octanol–water partition coefficient (Wildman–Crippen LogP) is 3.42. The Labute approximate surface area is 172 Å². The monoisotopic (exact) mass is 391 g/mol. The zero-order chi connectivity index (χ0) is 20.6. The number of aryl methyl sites for hydroxylation is 2. The summed E-state index contributed by atoms with van der Waals surface area (Å²) >= 11 is 0. The summed E-state index contributed by atoms with van der Waals surface area (Å²) in [7, 11) is 3.48. The molecule has 0 radical (unpaired) electrons. The number of guanidine groups is 1. The number of rotatable bonds is 7. The predicted molar refractivity (Wildman–Crippen MR) is 117 cm³/mol. The average Bonchev–Trinajstić information content (AvgIpc) is 3.13. The molecule has 152 valence electrons. The van der Waals surface area contributed by atoms with Crippen LogP contribution in [0.1, 0.15) is 28.1 Å². The van der Waals surface area contributed by atoms with Gasteiger partial charge in [0.1, 0.15) is 11.6 Å². The Kier molecular flexibility index (Phi) is 6.89. The summed E-state index contributed by atoms with van der Waals surface area (Å²) in [4.78, 5) is 8.61. The number of nitrogens with zero attached hydrogens (tertiary/aromatic N) is 3. The average molecular weight is 392 g/mol. The molecule has 0 saturated heterocycles. The molecule has 0 unspecified atom stereocenters.